The van der Waals surface area contributed by atoms with Gasteiger partial charge in [0.1, 0.15) is 18.2 Å². The highest BCUT2D eigenvalue weighted by Crippen LogP contribution is 2.22. The Labute approximate surface area is 115 Å². The lowest BCUT2D eigenvalue weighted by Gasteiger charge is -2.01. The van der Waals surface area contributed by atoms with Crippen molar-refractivity contribution in [3.05, 3.63) is 54.2 Å². The standard InChI is InChI=1S/C15H12N2O3/c1-19-15-7-10(16-9-17-15)6-13(18)12-8-20-14-5-3-2-4-11(12)14/h2-5,7-9H,6H2,1H3. The first-order chi connectivity index (χ1) is 9.78. The van der Waals surface area contributed by atoms with E-state index in [1.807, 2.05) is 24.3 Å². The first-order valence-electron chi connectivity index (χ1n) is 6.12. The van der Waals surface area contributed by atoms with E-state index in [2.05, 4.69) is 9.97 Å². The summed E-state index contributed by atoms with van der Waals surface area (Å²) in [5.41, 5.74) is 1.89. The molecule has 0 unspecified atom stereocenters. The van der Waals surface area contributed by atoms with Gasteiger partial charge in [0.2, 0.25) is 5.88 Å². The molecule has 1 aromatic carbocycles. The summed E-state index contributed by atoms with van der Waals surface area (Å²) >= 11 is 0. The molecule has 3 aromatic rings. The van der Waals surface area contributed by atoms with Gasteiger partial charge in [0, 0.05) is 11.5 Å². The normalized spacial score (nSPS) is 10.7. The summed E-state index contributed by atoms with van der Waals surface area (Å²) in [6.45, 7) is 0. The number of carbonyl (C=O) groups excluding carboxylic acids is 1. The van der Waals surface area contributed by atoms with Gasteiger partial charge in [0.05, 0.1) is 24.8 Å². The summed E-state index contributed by atoms with van der Waals surface area (Å²) in [6.07, 6.45) is 3.06. The number of methoxy groups -OCH3 is 1. The number of furan rings is 1. The summed E-state index contributed by atoms with van der Waals surface area (Å²) in [5, 5.41) is 0.818. The van der Waals surface area contributed by atoms with Crippen molar-refractivity contribution in [2.75, 3.05) is 7.11 Å². The highest BCUT2D eigenvalue weighted by atomic mass is 16.5. The Balaban J connectivity index is 1.89. The Bertz CT molecular complexity index is 764. The summed E-state index contributed by atoms with van der Waals surface area (Å²) in [5.74, 6) is 0.399. The highest BCUT2D eigenvalue weighted by molar-refractivity contribution is 6.07. The molecule has 0 aliphatic rings. The largest absolute Gasteiger partial charge is 0.481 e. The number of ether oxygens (including phenoxy) is 1. The van der Waals surface area contributed by atoms with E-state index in [9.17, 15) is 4.79 Å². The van der Waals surface area contributed by atoms with Gasteiger partial charge in [-0.05, 0) is 6.07 Å². The number of rotatable bonds is 4. The molecular weight excluding hydrogens is 256 g/mol. The molecule has 0 saturated carbocycles. The number of aromatic nitrogens is 2. The Kier molecular flexibility index (Phi) is 3.16. The van der Waals surface area contributed by atoms with Crippen molar-refractivity contribution >= 4 is 16.8 Å². The SMILES string of the molecule is COc1cc(CC(=O)c2coc3ccccc23)ncn1. The number of nitrogens with zero attached hydrogens (tertiary/aromatic N) is 2. The predicted octanol–water partition coefficient (Wildman–Crippen LogP) is 2.66. The molecule has 0 saturated heterocycles. The molecule has 0 atom stereocenters. The van der Waals surface area contributed by atoms with E-state index in [0.717, 1.165) is 5.39 Å². The molecule has 100 valence electrons. The average Bonchev–Trinajstić information content (AvgIpc) is 2.91. The molecule has 2 heterocycles. The monoisotopic (exact) mass is 268 g/mol. The van der Waals surface area contributed by atoms with Crippen molar-refractivity contribution < 1.29 is 13.9 Å². The molecule has 5 heteroatoms. The van der Waals surface area contributed by atoms with E-state index >= 15 is 0 Å². The van der Waals surface area contributed by atoms with Gasteiger partial charge in [-0.25, -0.2) is 9.97 Å². The lowest BCUT2D eigenvalue weighted by molar-refractivity contribution is 0.0992. The van der Waals surface area contributed by atoms with Gasteiger partial charge in [-0.3, -0.25) is 4.79 Å². The molecule has 0 fully saturated rings. The van der Waals surface area contributed by atoms with Gasteiger partial charge < -0.3 is 9.15 Å². The topological polar surface area (TPSA) is 65.2 Å². The third-order valence-electron chi connectivity index (χ3n) is 3.03. The van der Waals surface area contributed by atoms with Crippen LogP contribution in [0.5, 0.6) is 5.88 Å². The van der Waals surface area contributed by atoms with Crippen LogP contribution in [0.4, 0.5) is 0 Å². The fraction of sp³-hybridized carbons (Fsp3) is 0.133. The molecule has 0 radical (unpaired) electrons. The van der Waals surface area contributed by atoms with E-state index in [1.165, 1.54) is 19.7 Å². The second kappa shape index (κ2) is 5.13. The molecule has 5 nitrogen and oxygen atoms in total. The minimum Gasteiger partial charge on any atom is -0.481 e. The molecular formula is C15H12N2O3. The van der Waals surface area contributed by atoms with Gasteiger partial charge in [-0.15, -0.1) is 0 Å². The predicted molar refractivity (Wildman–Crippen MR) is 72.8 cm³/mol. The molecule has 0 spiro atoms. The second-order valence-corrected chi connectivity index (χ2v) is 4.30. The number of benzene rings is 1. The third kappa shape index (κ3) is 2.25. The van der Waals surface area contributed by atoms with Gasteiger partial charge in [0.25, 0.3) is 0 Å². The zero-order valence-corrected chi connectivity index (χ0v) is 10.9. The van der Waals surface area contributed by atoms with E-state index in [1.54, 1.807) is 6.07 Å². The Hall–Kier alpha value is -2.69. The molecule has 0 aliphatic heterocycles. The summed E-state index contributed by atoms with van der Waals surface area (Å²) in [4.78, 5) is 20.3. The lowest BCUT2D eigenvalue weighted by atomic mass is 10.1. The van der Waals surface area contributed by atoms with Crippen molar-refractivity contribution in [3.8, 4) is 5.88 Å². The van der Waals surface area contributed by atoms with Crippen molar-refractivity contribution in [1.82, 2.24) is 9.97 Å². The van der Waals surface area contributed by atoms with E-state index in [-0.39, 0.29) is 12.2 Å². The smallest absolute Gasteiger partial charge is 0.216 e. The first kappa shape index (κ1) is 12.3. The molecule has 3 rings (SSSR count). The molecule has 0 bridgehead atoms. The van der Waals surface area contributed by atoms with Crippen LogP contribution >= 0.6 is 0 Å². The van der Waals surface area contributed by atoms with Crippen LogP contribution in [-0.2, 0) is 6.42 Å². The number of carbonyl (C=O) groups is 1. The second-order valence-electron chi connectivity index (χ2n) is 4.30. The minimum absolute atomic E-state index is 0.0456. The van der Waals surface area contributed by atoms with E-state index in [0.29, 0.717) is 22.7 Å². The maximum Gasteiger partial charge on any atom is 0.216 e. The van der Waals surface area contributed by atoms with Crippen molar-refractivity contribution in [3.63, 3.8) is 0 Å². The van der Waals surface area contributed by atoms with Gasteiger partial charge in [-0.2, -0.15) is 0 Å². The third-order valence-corrected chi connectivity index (χ3v) is 3.03. The quantitative estimate of drug-likeness (QED) is 0.680. The average molecular weight is 268 g/mol. The van der Waals surface area contributed by atoms with Crippen molar-refractivity contribution in [2.24, 2.45) is 0 Å². The maximum atomic E-state index is 12.3. The van der Waals surface area contributed by atoms with Crippen LogP contribution in [0.15, 0.2) is 47.3 Å². The van der Waals surface area contributed by atoms with Crippen LogP contribution in [0, 0.1) is 0 Å². The molecule has 0 amide bonds. The molecule has 0 aliphatic carbocycles. The number of hydrogen-bond donors (Lipinski definition) is 0. The van der Waals surface area contributed by atoms with Crippen molar-refractivity contribution in [1.29, 1.82) is 0 Å². The molecule has 2 aromatic heterocycles. The van der Waals surface area contributed by atoms with Crippen LogP contribution in [-0.4, -0.2) is 22.9 Å². The minimum atomic E-state index is -0.0456. The fourth-order valence-corrected chi connectivity index (χ4v) is 2.04. The molecule has 0 N–H and O–H groups in total. The fourth-order valence-electron chi connectivity index (χ4n) is 2.04. The Morgan fingerprint density at radius 1 is 1.30 bits per heavy atom. The van der Waals surface area contributed by atoms with Gasteiger partial charge in [0.15, 0.2) is 5.78 Å². The van der Waals surface area contributed by atoms with Crippen LogP contribution < -0.4 is 4.74 Å². The van der Waals surface area contributed by atoms with Crippen LogP contribution in [0.2, 0.25) is 0 Å². The summed E-state index contributed by atoms with van der Waals surface area (Å²) in [7, 11) is 1.53. The summed E-state index contributed by atoms with van der Waals surface area (Å²) in [6, 6.07) is 9.10. The molecule has 20 heavy (non-hydrogen) atoms. The van der Waals surface area contributed by atoms with Gasteiger partial charge >= 0.3 is 0 Å². The number of fused-ring (bicyclic) bond motifs is 1. The highest BCUT2D eigenvalue weighted by Gasteiger charge is 2.14. The van der Waals surface area contributed by atoms with Crippen LogP contribution in [0.3, 0.4) is 0 Å². The zero-order valence-electron chi connectivity index (χ0n) is 10.9. The van der Waals surface area contributed by atoms with E-state index < -0.39 is 0 Å². The van der Waals surface area contributed by atoms with Gasteiger partial charge in [-0.1, -0.05) is 18.2 Å². The summed E-state index contributed by atoms with van der Waals surface area (Å²) < 4.78 is 10.4. The van der Waals surface area contributed by atoms with Crippen LogP contribution in [0.1, 0.15) is 16.1 Å². The lowest BCUT2D eigenvalue weighted by Crippen LogP contribution is -2.05. The number of Topliss-reactive ketones (excluding diaryl/α,β-unsaturated/α-hetero) is 1. The maximum absolute atomic E-state index is 12.3. The Morgan fingerprint density at radius 3 is 3.00 bits per heavy atom. The number of hydrogen-bond acceptors (Lipinski definition) is 5. The van der Waals surface area contributed by atoms with E-state index in [4.69, 9.17) is 9.15 Å². The zero-order chi connectivity index (χ0) is 13.9. The first-order valence-corrected chi connectivity index (χ1v) is 6.12. The number of para-hydroxylation sites is 1. The van der Waals surface area contributed by atoms with Crippen LogP contribution in [0.25, 0.3) is 11.0 Å². The van der Waals surface area contributed by atoms with Crippen molar-refractivity contribution in [2.45, 2.75) is 6.42 Å². The number of ketones is 1. The Morgan fingerprint density at radius 2 is 2.15 bits per heavy atom.